The topological polar surface area (TPSA) is 80.5 Å². The molecule has 0 radical (unpaired) electrons. The Morgan fingerprint density at radius 2 is 2.04 bits per heavy atom. The summed E-state index contributed by atoms with van der Waals surface area (Å²) in [6.07, 6.45) is 5.33. The molecular formula is C18H16BrN7. The monoisotopic (exact) mass is 409 g/mol. The zero-order chi connectivity index (χ0) is 17.9. The van der Waals surface area contributed by atoms with Crippen molar-refractivity contribution in [1.29, 1.82) is 0 Å². The number of aryl methyl sites for hydroxylation is 1. The van der Waals surface area contributed by atoms with Gasteiger partial charge in [-0.1, -0.05) is 6.07 Å². The van der Waals surface area contributed by atoms with Gasteiger partial charge in [0.05, 0.1) is 28.4 Å². The van der Waals surface area contributed by atoms with Gasteiger partial charge < -0.3 is 10.6 Å². The highest BCUT2D eigenvalue weighted by molar-refractivity contribution is 9.10. The van der Waals surface area contributed by atoms with Gasteiger partial charge in [0.25, 0.3) is 0 Å². The van der Waals surface area contributed by atoms with Gasteiger partial charge >= 0.3 is 0 Å². The number of aromatic nitrogens is 5. The molecular weight excluding hydrogens is 394 g/mol. The maximum Gasteiger partial charge on any atom is 0.229 e. The maximum atomic E-state index is 4.54. The summed E-state index contributed by atoms with van der Waals surface area (Å²) in [7, 11) is 1.92. The van der Waals surface area contributed by atoms with E-state index in [-0.39, 0.29) is 0 Å². The Labute approximate surface area is 158 Å². The van der Waals surface area contributed by atoms with Gasteiger partial charge in [0.1, 0.15) is 5.82 Å². The Hall–Kier alpha value is -3.00. The Balaban J connectivity index is 1.52. The second kappa shape index (κ2) is 7.09. The Bertz CT molecular complexity index is 1050. The number of anilines is 3. The Kier molecular flexibility index (Phi) is 4.49. The second-order valence-corrected chi connectivity index (χ2v) is 6.59. The molecule has 3 heterocycles. The van der Waals surface area contributed by atoms with Gasteiger partial charge in [-0.25, -0.2) is 4.98 Å². The maximum absolute atomic E-state index is 4.54. The van der Waals surface area contributed by atoms with E-state index in [4.69, 9.17) is 0 Å². The summed E-state index contributed by atoms with van der Waals surface area (Å²) in [6, 6.07) is 11.8. The van der Waals surface area contributed by atoms with Crippen LogP contribution >= 0.6 is 15.9 Å². The molecule has 0 amide bonds. The van der Waals surface area contributed by atoms with Crippen LogP contribution in [0.5, 0.6) is 0 Å². The van der Waals surface area contributed by atoms with E-state index in [1.807, 2.05) is 54.3 Å². The normalized spacial score (nSPS) is 10.8. The van der Waals surface area contributed by atoms with Gasteiger partial charge in [-0.3, -0.25) is 9.67 Å². The van der Waals surface area contributed by atoms with Gasteiger partial charge in [-0.05, 0) is 46.3 Å². The first-order valence-corrected chi connectivity index (χ1v) is 8.83. The molecule has 7 nitrogen and oxygen atoms in total. The lowest BCUT2D eigenvalue weighted by Gasteiger charge is -2.10. The van der Waals surface area contributed by atoms with Gasteiger partial charge in [-0.2, -0.15) is 10.1 Å². The van der Waals surface area contributed by atoms with Crippen LogP contribution in [0.1, 0.15) is 5.69 Å². The van der Waals surface area contributed by atoms with Gasteiger partial charge in [0.15, 0.2) is 0 Å². The van der Waals surface area contributed by atoms with E-state index in [0.717, 1.165) is 26.8 Å². The van der Waals surface area contributed by atoms with Crippen molar-refractivity contribution in [3.63, 3.8) is 0 Å². The first-order valence-electron chi connectivity index (χ1n) is 8.04. The molecule has 0 fully saturated rings. The molecule has 1 aromatic carbocycles. The van der Waals surface area contributed by atoms with E-state index in [2.05, 4.69) is 46.6 Å². The van der Waals surface area contributed by atoms with Crippen LogP contribution in [0.15, 0.2) is 59.5 Å². The fourth-order valence-corrected chi connectivity index (χ4v) is 2.93. The number of nitrogens with one attached hydrogen (secondary N) is 2. The quantitative estimate of drug-likeness (QED) is 0.520. The molecule has 0 unspecified atom stereocenters. The third-order valence-corrected chi connectivity index (χ3v) is 4.49. The summed E-state index contributed by atoms with van der Waals surface area (Å²) in [5, 5.41) is 11.8. The van der Waals surface area contributed by atoms with Crippen molar-refractivity contribution in [1.82, 2.24) is 24.7 Å². The molecule has 130 valence electrons. The zero-order valence-electron chi connectivity index (χ0n) is 14.0. The van der Waals surface area contributed by atoms with Crippen LogP contribution in [0, 0.1) is 0 Å². The van der Waals surface area contributed by atoms with E-state index in [1.54, 1.807) is 12.4 Å². The molecule has 26 heavy (non-hydrogen) atoms. The summed E-state index contributed by atoms with van der Waals surface area (Å²) >= 11 is 3.48. The molecule has 0 aliphatic carbocycles. The number of hydrogen-bond acceptors (Lipinski definition) is 6. The lowest BCUT2D eigenvalue weighted by molar-refractivity contribution is 0.797. The van der Waals surface area contributed by atoms with Crippen LogP contribution in [-0.2, 0) is 13.6 Å². The molecule has 0 aliphatic heterocycles. The average Bonchev–Trinajstić information content (AvgIpc) is 3.03. The minimum atomic E-state index is 0.514. The van der Waals surface area contributed by atoms with E-state index in [0.29, 0.717) is 18.3 Å². The molecule has 8 heteroatoms. The molecule has 4 rings (SSSR count). The minimum Gasteiger partial charge on any atom is -0.363 e. The van der Waals surface area contributed by atoms with Crippen molar-refractivity contribution in [2.24, 2.45) is 7.05 Å². The first-order chi connectivity index (χ1) is 12.7. The third-order valence-electron chi connectivity index (χ3n) is 3.91. The third kappa shape index (κ3) is 3.50. The van der Waals surface area contributed by atoms with Crippen molar-refractivity contribution in [3.05, 3.63) is 65.2 Å². The smallest absolute Gasteiger partial charge is 0.229 e. The fraction of sp³-hybridized carbons (Fsp3) is 0.111. The lowest BCUT2D eigenvalue weighted by Crippen LogP contribution is -2.06. The van der Waals surface area contributed by atoms with Crippen molar-refractivity contribution in [2.45, 2.75) is 6.54 Å². The molecule has 2 N–H and O–H groups in total. The Morgan fingerprint density at radius 1 is 1.12 bits per heavy atom. The summed E-state index contributed by atoms with van der Waals surface area (Å²) in [6.45, 7) is 0.581. The summed E-state index contributed by atoms with van der Waals surface area (Å²) in [5.74, 6) is 1.22. The van der Waals surface area contributed by atoms with E-state index in [1.165, 1.54) is 0 Å². The zero-order valence-corrected chi connectivity index (χ0v) is 15.6. The van der Waals surface area contributed by atoms with Crippen molar-refractivity contribution < 1.29 is 0 Å². The molecule has 0 saturated heterocycles. The number of pyridine rings is 1. The van der Waals surface area contributed by atoms with Crippen molar-refractivity contribution >= 4 is 44.3 Å². The molecule has 0 atom stereocenters. The highest BCUT2D eigenvalue weighted by Crippen LogP contribution is 2.24. The van der Waals surface area contributed by atoms with Crippen LogP contribution in [0.3, 0.4) is 0 Å². The van der Waals surface area contributed by atoms with E-state index in [9.17, 15) is 0 Å². The summed E-state index contributed by atoms with van der Waals surface area (Å²) < 4.78 is 2.64. The highest BCUT2D eigenvalue weighted by atomic mass is 79.9. The molecule has 0 spiro atoms. The SMILES string of the molecule is Cn1ncc2cc(Nc3ncc(Br)c(NCc4ccccn4)n3)ccc21. The second-order valence-electron chi connectivity index (χ2n) is 5.73. The number of nitrogens with zero attached hydrogens (tertiary/aromatic N) is 5. The molecule has 0 aliphatic rings. The first kappa shape index (κ1) is 16.5. The number of benzene rings is 1. The van der Waals surface area contributed by atoms with Crippen LogP contribution in [0.4, 0.5) is 17.5 Å². The minimum absolute atomic E-state index is 0.514. The predicted molar refractivity (Wildman–Crippen MR) is 105 cm³/mol. The largest absolute Gasteiger partial charge is 0.363 e. The molecule has 0 saturated carbocycles. The molecule has 0 bridgehead atoms. The van der Waals surface area contributed by atoms with Crippen molar-refractivity contribution in [3.8, 4) is 0 Å². The highest BCUT2D eigenvalue weighted by Gasteiger charge is 2.07. The number of rotatable bonds is 5. The van der Waals surface area contributed by atoms with Gasteiger partial charge in [0, 0.05) is 30.5 Å². The van der Waals surface area contributed by atoms with Crippen LogP contribution in [0.2, 0.25) is 0 Å². The number of fused-ring (bicyclic) bond motifs is 1. The summed E-state index contributed by atoms with van der Waals surface area (Å²) in [4.78, 5) is 13.2. The van der Waals surface area contributed by atoms with Crippen molar-refractivity contribution in [2.75, 3.05) is 10.6 Å². The standard InChI is InChI=1S/C18H16BrN7/c1-26-16-6-5-13(8-12(16)9-23-26)24-18-22-11-15(19)17(25-18)21-10-14-4-2-3-7-20-14/h2-9,11H,10H2,1H3,(H2,21,22,24,25). The van der Waals surface area contributed by atoms with E-state index < -0.39 is 0 Å². The van der Waals surface area contributed by atoms with Gasteiger partial charge in [-0.15, -0.1) is 0 Å². The summed E-state index contributed by atoms with van der Waals surface area (Å²) in [5.41, 5.74) is 2.92. The van der Waals surface area contributed by atoms with E-state index >= 15 is 0 Å². The van der Waals surface area contributed by atoms with Gasteiger partial charge in [0.2, 0.25) is 5.95 Å². The Morgan fingerprint density at radius 3 is 2.88 bits per heavy atom. The molecule has 3 aromatic heterocycles. The number of hydrogen-bond donors (Lipinski definition) is 2. The van der Waals surface area contributed by atoms with Crippen LogP contribution in [0.25, 0.3) is 10.9 Å². The predicted octanol–water partition coefficient (Wildman–Crippen LogP) is 3.88. The number of halogens is 1. The lowest BCUT2D eigenvalue weighted by atomic mass is 10.2. The van der Waals surface area contributed by atoms with Crippen LogP contribution in [-0.4, -0.2) is 24.7 Å². The molecule has 4 aromatic rings. The fourth-order valence-electron chi connectivity index (χ4n) is 2.60. The average molecular weight is 410 g/mol. The van der Waals surface area contributed by atoms with Crippen LogP contribution < -0.4 is 10.6 Å².